The standard InChI is InChI=1S/C16H22O8/c17-9-21-7-13(23-10-18)14(24-16(20)12-5-2-6-12)8-22-15(19)11-3-1-4-11/h9-14H,1-8H2. The molecule has 0 radical (unpaired) electrons. The Bertz CT molecular complexity index is 455. The van der Waals surface area contributed by atoms with E-state index in [0.717, 1.165) is 38.5 Å². The summed E-state index contributed by atoms with van der Waals surface area (Å²) in [5, 5.41) is 0. The van der Waals surface area contributed by atoms with E-state index in [9.17, 15) is 19.2 Å². The van der Waals surface area contributed by atoms with Crippen molar-refractivity contribution >= 4 is 24.9 Å². The second-order valence-electron chi connectivity index (χ2n) is 6.06. The zero-order chi connectivity index (χ0) is 17.4. The van der Waals surface area contributed by atoms with Gasteiger partial charge in [-0.3, -0.25) is 19.2 Å². The molecule has 0 spiro atoms. The highest BCUT2D eigenvalue weighted by Crippen LogP contribution is 2.29. The predicted molar refractivity (Wildman–Crippen MR) is 78.5 cm³/mol. The first-order valence-electron chi connectivity index (χ1n) is 8.17. The van der Waals surface area contributed by atoms with Crippen LogP contribution in [0.25, 0.3) is 0 Å². The normalized spacial score (nSPS) is 19.8. The molecule has 2 atom stereocenters. The van der Waals surface area contributed by atoms with Gasteiger partial charge in [0.15, 0.2) is 12.2 Å². The Morgan fingerprint density at radius 3 is 2.00 bits per heavy atom. The molecule has 0 N–H and O–H groups in total. The summed E-state index contributed by atoms with van der Waals surface area (Å²) in [4.78, 5) is 44.9. The molecular formula is C16H22O8. The van der Waals surface area contributed by atoms with E-state index in [-0.39, 0.29) is 44.0 Å². The van der Waals surface area contributed by atoms with E-state index in [1.165, 1.54) is 0 Å². The summed E-state index contributed by atoms with van der Waals surface area (Å²) < 4.78 is 20.0. The van der Waals surface area contributed by atoms with Crippen molar-refractivity contribution in [3.63, 3.8) is 0 Å². The fourth-order valence-electron chi connectivity index (χ4n) is 2.47. The van der Waals surface area contributed by atoms with Crippen molar-refractivity contribution in [2.75, 3.05) is 13.2 Å². The highest BCUT2D eigenvalue weighted by molar-refractivity contribution is 5.74. The number of hydrogen-bond donors (Lipinski definition) is 0. The van der Waals surface area contributed by atoms with Crippen molar-refractivity contribution in [3.05, 3.63) is 0 Å². The smallest absolute Gasteiger partial charge is 0.309 e. The number of carbonyl (C=O) groups is 4. The molecule has 8 nitrogen and oxygen atoms in total. The van der Waals surface area contributed by atoms with Gasteiger partial charge in [-0.15, -0.1) is 0 Å². The van der Waals surface area contributed by atoms with E-state index in [0.29, 0.717) is 0 Å². The van der Waals surface area contributed by atoms with Gasteiger partial charge < -0.3 is 18.9 Å². The van der Waals surface area contributed by atoms with Gasteiger partial charge in [-0.05, 0) is 25.7 Å². The van der Waals surface area contributed by atoms with Crippen molar-refractivity contribution in [2.24, 2.45) is 11.8 Å². The topological polar surface area (TPSA) is 105 Å². The maximum Gasteiger partial charge on any atom is 0.309 e. The molecule has 2 rings (SSSR count). The number of hydrogen-bond acceptors (Lipinski definition) is 8. The molecule has 2 aliphatic carbocycles. The Morgan fingerprint density at radius 1 is 0.875 bits per heavy atom. The third kappa shape index (κ3) is 4.94. The molecule has 8 heteroatoms. The SMILES string of the molecule is O=COCC(OC=O)C(COC(=O)C1CCC1)OC(=O)C1CCC1. The Hall–Kier alpha value is -2.12. The molecule has 2 aliphatic rings. The van der Waals surface area contributed by atoms with Crippen LogP contribution in [-0.2, 0) is 38.1 Å². The van der Waals surface area contributed by atoms with Crippen molar-refractivity contribution in [1.82, 2.24) is 0 Å². The van der Waals surface area contributed by atoms with Gasteiger partial charge in [0.1, 0.15) is 13.2 Å². The molecule has 0 heterocycles. The summed E-state index contributed by atoms with van der Waals surface area (Å²) in [6, 6.07) is 0. The summed E-state index contributed by atoms with van der Waals surface area (Å²) in [6.45, 7) is -0.149. The molecule has 0 aromatic carbocycles. The lowest BCUT2D eigenvalue weighted by atomic mass is 9.85. The average Bonchev–Trinajstić information content (AvgIpc) is 2.44. The maximum atomic E-state index is 12.0. The fraction of sp³-hybridized carbons (Fsp3) is 0.750. The minimum Gasteiger partial charge on any atom is -0.464 e. The van der Waals surface area contributed by atoms with Crippen LogP contribution < -0.4 is 0 Å². The molecule has 134 valence electrons. The molecule has 2 unspecified atom stereocenters. The first kappa shape index (κ1) is 18.2. The van der Waals surface area contributed by atoms with Gasteiger partial charge in [0, 0.05) is 0 Å². The van der Waals surface area contributed by atoms with Gasteiger partial charge in [-0.1, -0.05) is 12.8 Å². The van der Waals surface area contributed by atoms with Crippen LogP contribution in [0.1, 0.15) is 38.5 Å². The lowest BCUT2D eigenvalue weighted by molar-refractivity contribution is -0.181. The summed E-state index contributed by atoms with van der Waals surface area (Å²) in [7, 11) is 0. The van der Waals surface area contributed by atoms with Crippen molar-refractivity contribution in [2.45, 2.75) is 50.7 Å². The van der Waals surface area contributed by atoms with Crippen LogP contribution in [0.3, 0.4) is 0 Å². The Balaban J connectivity index is 1.93. The minimum atomic E-state index is -1.02. The molecule has 2 fully saturated rings. The Labute approximate surface area is 139 Å². The molecule has 2 saturated carbocycles. The largest absolute Gasteiger partial charge is 0.464 e. The Morgan fingerprint density at radius 2 is 1.50 bits per heavy atom. The lowest BCUT2D eigenvalue weighted by Crippen LogP contribution is -2.43. The zero-order valence-electron chi connectivity index (χ0n) is 13.4. The molecule has 24 heavy (non-hydrogen) atoms. The Kier molecular flexibility index (Phi) is 7.02. The first-order valence-corrected chi connectivity index (χ1v) is 8.17. The van der Waals surface area contributed by atoms with E-state index in [1.807, 2.05) is 0 Å². The molecule has 0 saturated heterocycles. The van der Waals surface area contributed by atoms with E-state index in [4.69, 9.17) is 14.2 Å². The number of carbonyl (C=O) groups excluding carboxylic acids is 4. The molecular weight excluding hydrogens is 320 g/mol. The summed E-state index contributed by atoms with van der Waals surface area (Å²) in [5.41, 5.74) is 0. The molecule has 0 aromatic rings. The summed E-state index contributed by atoms with van der Waals surface area (Å²) in [6.07, 6.45) is 2.99. The number of ether oxygens (including phenoxy) is 4. The van der Waals surface area contributed by atoms with E-state index >= 15 is 0 Å². The van der Waals surface area contributed by atoms with Crippen molar-refractivity contribution in [1.29, 1.82) is 0 Å². The third-order valence-corrected chi connectivity index (χ3v) is 4.51. The summed E-state index contributed by atoms with van der Waals surface area (Å²) in [5.74, 6) is -1.08. The van der Waals surface area contributed by atoms with Crippen molar-refractivity contribution < 1.29 is 38.1 Å². The lowest BCUT2D eigenvalue weighted by Gasteiger charge is -2.30. The van der Waals surface area contributed by atoms with Crippen molar-refractivity contribution in [3.8, 4) is 0 Å². The van der Waals surface area contributed by atoms with E-state index in [1.54, 1.807) is 0 Å². The highest BCUT2D eigenvalue weighted by Gasteiger charge is 2.35. The van der Waals surface area contributed by atoms with Crippen LogP contribution in [-0.4, -0.2) is 50.3 Å². The van der Waals surface area contributed by atoms with Gasteiger partial charge in [-0.2, -0.15) is 0 Å². The number of esters is 2. The van der Waals surface area contributed by atoms with E-state index in [2.05, 4.69) is 4.74 Å². The number of rotatable bonds is 11. The maximum absolute atomic E-state index is 12.0. The van der Waals surface area contributed by atoms with Crippen LogP contribution in [0, 0.1) is 11.8 Å². The molecule has 0 aromatic heterocycles. The molecule has 0 amide bonds. The van der Waals surface area contributed by atoms with Crippen LogP contribution in [0.5, 0.6) is 0 Å². The van der Waals surface area contributed by atoms with Gasteiger partial charge in [-0.25, -0.2) is 0 Å². The van der Waals surface area contributed by atoms with Gasteiger partial charge in [0.05, 0.1) is 11.8 Å². The van der Waals surface area contributed by atoms with Crippen LogP contribution in [0.4, 0.5) is 0 Å². The van der Waals surface area contributed by atoms with Gasteiger partial charge in [0.2, 0.25) is 0 Å². The second-order valence-corrected chi connectivity index (χ2v) is 6.06. The molecule has 0 bridgehead atoms. The average molecular weight is 342 g/mol. The first-order chi connectivity index (χ1) is 11.7. The quantitative estimate of drug-likeness (QED) is 0.308. The zero-order valence-corrected chi connectivity index (χ0v) is 13.4. The second kappa shape index (κ2) is 9.24. The molecule has 0 aliphatic heterocycles. The fourth-order valence-corrected chi connectivity index (χ4v) is 2.47. The van der Waals surface area contributed by atoms with Crippen LogP contribution in [0.15, 0.2) is 0 Å². The van der Waals surface area contributed by atoms with Crippen LogP contribution in [0.2, 0.25) is 0 Å². The summed E-state index contributed by atoms with van der Waals surface area (Å²) >= 11 is 0. The van der Waals surface area contributed by atoms with Gasteiger partial charge in [0.25, 0.3) is 12.9 Å². The highest BCUT2D eigenvalue weighted by atomic mass is 16.6. The monoisotopic (exact) mass is 342 g/mol. The predicted octanol–water partition coefficient (Wildman–Crippen LogP) is 0.756. The van der Waals surface area contributed by atoms with Gasteiger partial charge >= 0.3 is 11.9 Å². The third-order valence-electron chi connectivity index (χ3n) is 4.51. The van der Waals surface area contributed by atoms with E-state index < -0.39 is 18.2 Å². The minimum absolute atomic E-state index is 0.121. The van der Waals surface area contributed by atoms with Crippen LogP contribution >= 0.6 is 0 Å².